The smallest absolute Gasteiger partial charge is 0.264 e. The van der Waals surface area contributed by atoms with Crippen molar-refractivity contribution in [2.75, 3.05) is 0 Å². The first-order valence-electron chi connectivity index (χ1n) is 7.36. The normalized spacial score (nSPS) is 18.4. The second-order valence-corrected chi connectivity index (χ2v) is 5.60. The molecule has 1 aliphatic rings. The van der Waals surface area contributed by atoms with Gasteiger partial charge in [-0.15, -0.1) is 0 Å². The highest BCUT2D eigenvalue weighted by Crippen LogP contribution is 2.16. The van der Waals surface area contributed by atoms with Crippen molar-refractivity contribution in [2.45, 2.75) is 45.4 Å². The second-order valence-electron chi connectivity index (χ2n) is 5.60. The molecule has 0 radical (unpaired) electrons. The lowest BCUT2D eigenvalue weighted by Crippen LogP contribution is -2.49. The van der Waals surface area contributed by atoms with Crippen LogP contribution in [0.1, 0.15) is 32.8 Å². The number of carbonyl (C=O) groups is 2. The van der Waals surface area contributed by atoms with E-state index in [-0.39, 0.29) is 17.9 Å². The number of rotatable bonds is 5. The van der Waals surface area contributed by atoms with Crippen molar-refractivity contribution in [2.24, 2.45) is 5.16 Å². The molecule has 2 rings (SSSR count). The van der Waals surface area contributed by atoms with Gasteiger partial charge in [-0.05, 0) is 26.3 Å². The Hall–Kier alpha value is -2.37. The maximum absolute atomic E-state index is 12.1. The summed E-state index contributed by atoms with van der Waals surface area (Å²) in [5.41, 5.74) is 1.67. The minimum atomic E-state index is -0.690. The number of nitrogens with zero attached hydrogens (tertiary/aromatic N) is 1. The van der Waals surface area contributed by atoms with Crippen molar-refractivity contribution in [3.05, 3.63) is 35.9 Å². The maximum Gasteiger partial charge on any atom is 0.264 e. The minimum Gasteiger partial charge on any atom is -0.382 e. The van der Waals surface area contributed by atoms with E-state index in [2.05, 4.69) is 15.8 Å². The summed E-state index contributed by atoms with van der Waals surface area (Å²) in [6.45, 7) is 5.38. The summed E-state index contributed by atoms with van der Waals surface area (Å²) in [6, 6.07) is 8.98. The van der Waals surface area contributed by atoms with E-state index in [1.54, 1.807) is 6.92 Å². The first-order chi connectivity index (χ1) is 10.5. The fourth-order valence-corrected chi connectivity index (χ4v) is 2.10. The third-order valence-electron chi connectivity index (χ3n) is 3.25. The molecule has 0 saturated carbocycles. The standard InChI is InChI=1S/C16H21N3O3/c1-10(2)17-15(20)11(3)18-16(21)14-9-13(19-22-14)12-7-5-4-6-8-12/h4-8,10-11,14H,9H2,1-3H3,(H,17,20)(H,18,21)/t11-,14+/m1/s1. The zero-order valence-corrected chi connectivity index (χ0v) is 13.0. The molecule has 0 fully saturated rings. The van der Waals surface area contributed by atoms with Crippen LogP contribution in [0.2, 0.25) is 0 Å². The molecule has 1 aromatic carbocycles. The van der Waals surface area contributed by atoms with Crippen LogP contribution in [0, 0.1) is 0 Å². The largest absolute Gasteiger partial charge is 0.382 e. The Balaban J connectivity index is 1.87. The molecule has 2 atom stereocenters. The van der Waals surface area contributed by atoms with Gasteiger partial charge in [0.15, 0.2) is 0 Å². The molecule has 2 amide bonds. The molecule has 1 aromatic rings. The number of nitrogens with one attached hydrogen (secondary N) is 2. The molecule has 1 aliphatic heterocycles. The quantitative estimate of drug-likeness (QED) is 0.858. The Labute approximate surface area is 129 Å². The second kappa shape index (κ2) is 7.06. The molecule has 22 heavy (non-hydrogen) atoms. The number of oxime groups is 1. The van der Waals surface area contributed by atoms with Gasteiger partial charge >= 0.3 is 0 Å². The molecule has 0 aromatic heterocycles. The van der Waals surface area contributed by atoms with Crippen LogP contribution >= 0.6 is 0 Å². The molecule has 0 aliphatic carbocycles. The number of benzene rings is 1. The maximum atomic E-state index is 12.1. The molecule has 0 unspecified atom stereocenters. The van der Waals surface area contributed by atoms with Gasteiger partial charge in [0.1, 0.15) is 6.04 Å². The number of hydrogen-bond acceptors (Lipinski definition) is 4. The summed E-state index contributed by atoms with van der Waals surface area (Å²) in [5.74, 6) is -0.549. The highest BCUT2D eigenvalue weighted by molar-refractivity contribution is 6.04. The lowest BCUT2D eigenvalue weighted by molar-refractivity contribution is -0.135. The van der Waals surface area contributed by atoms with E-state index in [0.29, 0.717) is 6.42 Å². The molecule has 2 N–H and O–H groups in total. The topological polar surface area (TPSA) is 79.8 Å². The van der Waals surface area contributed by atoms with E-state index in [1.165, 1.54) is 0 Å². The van der Waals surface area contributed by atoms with Crippen molar-refractivity contribution >= 4 is 17.5 Å². The summed E-state index contributed by atoms with van der Waals surface area (Å²) in [7, 11) is 0. The first kappa shape index (κ1) is 16.0. The molecule has 0 saturated heterocycles. The van der Waals surface area contributed by atoms with E-state index < -0.39 is 12.1 Å². The van der Waals surface area contributed by atoms with Gasteiger partial charge in [-0.25, -0.2) is 0 Å². The Morgan fingerprint density at radius 2 is 1.86 bits per heavy atom. The van der Waals surface area contributed by atoms with Crippen LogP contribution in [0.5, 0.6) is 0 Å². The molecular formula is C16H21N3O3. The van der Waals surface area contributed by atoms with Gasteiger partial charge in [0.05, 0.1) is 5.71 Å². The van der Waals surface area contributed by atoms with Crippen LogP contribution in [0.3, 0.4) is 0 Å². The minimum absolute atomic E-state index is 0.0302. The van der Waals surface area contributed by atoms with Gasteiger partial charge in [0.2, 0.25) is 12.0 Å². The molecule has 1 heterocycles. The lowest BCUT2D eigenvalue weighted by Gasteiger charge is -2.17. The third kappa shape index (κ3) is 4.07. The van der Waals surface area contributed by atoms with Crippen molar-refractivity contribution < 1.29 is 14.4 Å². The lowest BCUT2D eigenvalue weighted by atomic mass is 10.0. The number of amides is 2. The van der Waals surface area contributed by atoms with Crippen LogP contribution in [-0.4, -0.2) is 35.7 Å². The summed E-state index contributed by atoms with van der Waals surface area (Å²) < 4.78 is 0. The Morgan fingerprint density at radius 1 is 1.18 bits per heavy atom. The third-order valence-corrected chi connectivity index (χ3v) is 3.25. The fraction of sp³-hybridized carbons (Fsp3) is 0.438. The zero-order chi connectivity index (χ0) is 16.1. The summed E-state index contributed by atoms with van der Waals surface area (Å²) >= 11 is 0. The average Bonchev–Trinajstić information content (AvgIpc) is 2.97. The van der Waals surface area contributed by atoms with Gasteiger partial charge in [-0.3, -0.25) is 9.59 Å². The molecule has 6 heteroatoms. The van der Waals surface area contributed by atoms with Crippen LogP contribution in [0.25, 0.3) is 0 Å². The Bertz CT molecular complexity index is 569. The molecule has 0 bridgehead atoms. The van der Waals surface area contributed by atoms with Gasteiger partial charge < -0.3 is 15.5 Å². The average molecular weight is 303 g/mol. The molecule has 0 spiro atoms. The van der Waals surface area contributed by atoms with E-state index in [9.17, 15) is 9.59 Å². The van der Waals surface area contributed by atoms with E-state index in [0.717, 1.165) is 11.3 Å². The van der Waals surface area contributed by atoms with E-state index in [4.69, 9.17) is 4.84 Å². The molecule has 6 nitrogen and oxygen atoms in total. The predicted octanol–water partition coefficient (Wildman–Crippen LogP) is 1.21. The van der Waals surface area contributed by atoms with Gasteiger partial charge in [-0.2, -0.15) is 0 Å². The monoisotopic (exact) mass is 303 g/mol. The van der Waals surface area contributed by atoms with Crippen LogP contribution in [0.15, 0.2) is 35.5 Å². The van der Waals surface area contributed by atoms with E-state index >= 15 is 0 Å². The van der Waals surface area contributed by atoms with Crippen molar-refractivity contribution in [1.29, 1.82) is 0 Å². The highest BCUT2D eigenvalue weighted by Gasteiger charge is 2.30. The SMILES string of the molecule is CC(C)NC(=O)[C@@H](C)NC(=O)[C@@H]1CC(c2ccccc2)=NO1. The zero-order valence-electron chi connectivity index (χ0n) is 13.0. The van der Waals surface area contributed by atoms with Gasteiger partial charge in [0.25, 0.3) is 5.91 Å². The van der Waals surface area contributed by atoms with Gasteiger partial charge in [0, 0.05) is 12.5 Å². The van der Waals surface area contributed by atoms with Gasteiger partial charge in [-0.1, -0.05) is 35.5 Å². The van der Waals surface area contributed by atoms with Crippen LogP contribution in [-0.2, 0) is 14.4 Å². The van der Waals surface area contributed by atoms with Crippen molar-refractivity contribution in [3.8, 4) is 0 Å². The number of hydrogen-bond donors (Lipinski definition) is 2. The van der Waals surface area contributed by atoms with E-state index in [1.807, 2.05) is 44.2 Å². The fourth-order valence-electron chi connectivity index (χ4n) is 2.10. The van der Waals surface area contributed by atoms with Crippen molar-refractivity contribution in [1.82, 2.24) is 10.6 Å². The predicted molar refractivity (Wildman–Crippen MR) is 83.4 cm³/mol. The van der Waals surface area contributed by atoms with Crippen LogP contribution in [0.4, 0.5) is 0 Å². The highest BCUT2D eigenvalue weighted by atomic mass is 16.6. The molecular weight excluding hydrogens is 282 g/mol. The first-order valence-corrected chi connectivity index (χ1v) is 7.36. The molecule has 118 valence electrons. The van der Waals surface area contributed by atoms with Crippen LogP contribution < -0.4 is 10.6 Å². The number of carbonyl (C=O) groups excluding carboxylic acids is 2. The Morgan fingerprint density at radius 3 is 2.50 bits per heavy atom. The summed E-state index contributed by atoms with van der Waals surface area (Å²) in [6.07, 6.45) is -0.293. The Kier molecular flexibility index (Phi) is 5.14. The van der Waals surface area contributed by atoms with Crippen molar-refractivity contribution in [3.63, 3.8) is 0 Å². The summed E-state index contributed by atoms with van der Waals surface area (Å²) in [5, 5.41) is 9.36. The summed E-state index contributed by atoms with van der Waals surface area (Å²) in [4.78, 5) is 29.1.